The lowest BCUT2D eigenvalue weighted by Gasteiger charge is -2.23. The molecule has 0 N–H and O–H groups in total. The summed E-state index contributed by atoms with van der Waals surface area (Å²) in [6.45, 7) is 2.10. The van der Waals surface area contributed by atoms with Gasteiger partial charge in [0, 0.05) is 11.9 Å². The predicted octanol–water partition coefficient (Wildman–Crippen LogP) is 4.12. The van der Waals surface area contributed by atoms with Crippen LogP contribution in [-0.2, 0) is 10.2 Å². The van der Waals surface area contributed by atoms with Crippen LogP contribution >= 0.6 is 15.9 Å². The molecule has 23 heavy (non-hydrogen) atoms. The molecule has 1 aliphatic heterocycles. The van der Waals surface area contributed by atoms with Crippen molar-refractivity contribution >= 4 is 43.2 Å². The minimum Gasteiger partial charge on any atom is -0.251 e. The number of nitrogens with zero attached hydrogens (tertiary/aromatic N) is 2. The summed E-state index contributed by atoms with van der Waals surface area (Å²) in [5, 5.41) is 0.719. The van der Waals surface area contributed by atoms with Crippen LogP contribution < -0.4 is 8.61 Å². The third-order valence-electron chi connectivity index (χ3n) is 3.75. The Morgan fingerprint density at radius 2 is 1.78 bits per heavy atom. The highest BCUT2D eigenvalue weighted by atomic mass is 79.9. The monoisotopic (exact) mass is 398 g/mol. The molecule has 0 amide bonds. The number of rotatable bonds is 4. The highest BCUT2D eigenvalue weighted by molar-refractivity contribution is 9.09. The molecule has 3 rings (SSSR count). The van der Waals surface area contributed by atoms with Crippen molar-refractivity contribution in [1.29, 1.82) is 0 Å². The summed E-state index contributed by atoms with van der Waals surface area (Å²) in [4.78, 5) is 0. The topological polar surface area (TPSA) is 40.6 Å². The van der Waals surface area contributed by atoms with Gasteiger partial charge in [-0.05, 0) is 49.2 Å². The minimum absolute atomic E-state index is 0.382. The number of anilines is 3. The van der Waals surface area contributed by atoms with Crippen molar-refractivity contribution in [1.82, 2.24) is 0 Å². The molecule has 0 unspecified atom stereocenters. The summed E-state index contributed by atoms with van der Waals surface area (Å²) in [6.07, 6.45) is 0.698. The smallest absolute Gasteiger partial charge is 0.251 e. The molecule has 4 nitrogen and oxygen atoms in total. The Morgan fingerprint density at radius 3 is 2.43 bits per heavy atom. The van der Waals surface area contributed by atoms with Crippen LogP contribution in [0.5, 0.6) is 0 Å². The van der Waals surface area contributed by atoms with Gasteiger partial charge in [-0.1, -0.05) is 28.1 Å². The van der Waals surface area contributed by atoms with E-state index in [2.05, 4.69) is 15.9 Å². The number of fused-ring (bicyclic) bond motifs is 1. The van der Waals surface area contributed by atoms with Crippen LogP contribution in [-0.4, -0.2) is 20.3 Å². The first-order chi connectivity index (χ1) is 11.0. The first-order valence-electron chi connectivity index (χ1n) is 7.21. The van der Waals surface area contributed by atoms with E-state index in [1.54, 1.807) is 25.1 Å². The van der Waals surface area contributed by atoms with Gasteiger partial charge in [0.05, 0.1) is 17.1 Å². The summed E-state index contributed by atoms with van der Waals surface area (Å²) in [5.74, 6) is -0.382. The second-order valence-corrected chi connectivity index (χ2v) is 7.80. The molecule has 0 radical (unpaired) electrons. The van der Waals surface area contributed by atoms with E-state index in [9.17, 15) is 12.8 Å². The van der Waals surface area contributed by atoms with Crippen molar-refractivity contribution in [2.75, 3.05) is 20.5 Å². The molecule has 0 saturated heterocycles. The predicted molar refractivity (Wildman–Crippen MR) is 94.4 cm³/mol. The minimum atomic E-state index is -3.72. The SMILES string of the molecule is Cc1cc(F)ccc1N1c2ccccc2N(CCCBr)S1(=O)=O. The van der Waals surface area contributed by atoms with Crippen LogP contribution in [0.25, 0.3) is 0 Å². The Balaban J connectivity index is 2.17. The highest BCUT2D eigenvalue weighted by Gasteiger charge is 2.41. The molecule has 0 spiro atoms. The molecule has 0 aliphatic carbocycles. The van der Waals surface area contributed by atoms with Crippen molar-refractivity contribution in [3.63, 3.8) is 0 Å². The Morgan fingerprint density at radius 1 is 1.09 bits per heavy atom. The molecular weight excluding hydrogens is 383 g/mol. The Kier molecular flexibility index (Phi) is 4.33. The van der Waals surface area contributed by atoms with Crippen molar-refractivity contribution in [3.05, 3.63) is 53.8 Å². The summed E-state index contributed by atoms with van der Waals surface area (Å²) in [7, 11) is -3.72. The van der Waals surface area contributed by atoms with Crippen LogP contribution in [0, 0.1) is 12.7 Å². The van der Waals surface area contributed by atoms with E-state index in [1.807, 2.05) is 6.07 Å². The third-order valence-corrected chi connectivity index (χ3v) is 6.10. The first-order valence-corrected chi connectivity index (χ1v) is 9.73. The molecule has 0 saturated carbocycles. The van der Waals surface area contributed by atoms with E-state index in [0.717, 1.165) is 5.33 Å². The van der Waals surface area contributed by atoms with Gasteiger partial charge in [-0.3, -0.25) is 4.31 Å². The molecule has 0 atom stereocenters. The average Bonchev–Trinajstić information content (AvgIpc) is 2.72. The van der Waals surface area contributed by atoms with Crippen LogP contribution in [0.15, 0.2) is 42.5 Å². The molecule has 122 valence electrons. The fraction of sp³-hybridized carbons (Fsp3) is 0.250. The number of aryl methyl sites for hydroxylation is 1. The zero-order valence-corrected chi connectivity index (χ0v) is 14.9. The second kappa shape index (κ2) is 6.13. The van der Waals surface area contributed by atoms with Gasteiger partial charge in [0.25, 0.3) is 0 Å². The Hall–Kier alpha value is -1.60. The van der Waals surface area contributed by atoms with Crippen molar-refractivity contribution in [2.24, 2.45) is 0 Å². The molecule has 1 heterocycles. The molecule has 0 bridgehead atoms. The standard InChI is InChI=1S/C16H16BrFN2O2S/c1-12-11-13(18)7-8-14(12)20-16-6-3-2-5-15(16)19(10-4-9-17)23(20,21)22/h2-3,5-8,11H,4,9-10H2,1H3. The molecular formula is C16H16BrFN2O2S. The van der Waals surface area contributed by atoms with Gasteiger partial charge in [0.15, 0.2) is 0 Å². The van der Waals surface area contributed by atoms with Gasteiger partial charge in [0.1, 0.15) is 5.82 Å². The maximum absolute atomic E-state index is 13.4. The summed E-state index contributed by atoms with van der Waals surface area (Å²) < 4.78 is 42.2. The van der Waals surface area contributed by atoms with Crippen molar-refractivity contribution in [2.45, 2.75) is 13.3 Å². The van der Waals surface area contributed by atoms with Gasteiger partial charge in [-0.2, -0.15) is 8.42 Å². The molecule has 1 aliphatic rings. The number of benzene rings is 2. The molecule has 0 aromatic heterocycles. The molecule has 2 aromatic rings. The fourth-order valence-electron chi connectivity index (χ4n) is 2.73. The lowest BCUT2D eigenvalue weighted by molar-refractivity contribution is 0.593. The molecule has 7 heteroatoms. The van der Waals surface area contributed by atoms with E-state index in [1.165, 1.54) is 26.8 Å². The van der Waals surface area contributed by atoms with E-state index in [0.29, 0.717) is 35.6 Å². The number of alkyl halides is 1. The summed E-state index contributed by atoms with van der Waals surface area (Å²) in [6, 6.07) is 11.3. The largest absolute Gasteiger partial charge is 0.330 e. The normalized spacial score (nSPS) is 15.8. The highest BCUT2D eigenvalue weighted by Crippen LogP contribution is 2.46. The van der Waals surface area contributed by atoms with Gasteiger partial charge in [-0.15, -0.1) is 0 Å². The number of para-hydroxylation sites is 2. The number of hydrogen-bond acceptors (Lipinski definition) is 2. The summed E-state index contributed by atoms with van der Waals surface area (Å²) >= 11 is 3.34. The maximum Gasteiger partial charge on any atom is 0.330 e. The Bertz CT molecular complexity index is 842. The van der Waals surface area contributed by atoms with E-state index in [-0.39, 0.29) is 5.82 Å². The van der Waals surface area contributed by atoms with E-state index in [4.69, 9.17) is 0 Å². The first kappa shape index (κ1) is 16.3. The second-order valence-electron chi connectivity index (χ2n) is 5.31. The molecule has 2 aromatic carbocycles. The third kappa shape index (κ3) is 2.72. The summed E-state index contributed by atoms with van der Waals surface area (Å²) in [5.41, 5.74) is 2.29. The van der Waals surface area contributed by atoms with Gasteiger partial charge < -0.3 is 0 Å². The van der Waals surface area contributed by atoms with Crippen LogP contribution in [0.1, 0.15) is 12.0 Å². The van der Waals surface area contributed by atoms with Crippen LogP contribution in [0.2, 0.25) is 0 Å². The van der Waals surface area contributed by atoms with Crippen molar-refractivity contribution in [3.8, 4) is 0 Å². The number of hydrogen-bond donors (Lipinski definition) is 0. The zero-order valence-electron chi connectivity index (χ0n) is 12.5. The van der Waals surface area contributed by atoms with Crippen LogP contribution in [0.4, 0.5) is 21.5 Å². The zero-order chi connectivity index (χ0) is 16.6. The Labute approximate surface area is 143 Å². The van der Waals surface area contributed by atoms with E-state index < -0.39 is 10.2 Å². The fourth-order valence-corrected chi connectivity index (χ4v) is 4.80. The lowest BCUT2D eigenvalue weighted by Crippen LogP contribution is -2.36. The van der Waals surface area contributed by atoms with Gasteiger partial charge >= 0.3 is 10.2 Å². The van der Waals surface area contributed by atoms with Crippen molar-refractivity contribution < 1.29 is 12.8 Å². The van der Waals surface area contributed by atoms with Gasteiger partial charge in [0.2, 0.25) is 0 Å². The number of halogens is 2. The lowest BCUT2D eigenvalue weighted by atomic mass is 10.1. The quantitative estimate of drug-likeness (QED) is 0.726. The average molecular weight is 399 g/mol. The van der Waals surface area contributed by atoms with Crippen LogP contribution in [0.3, 0.4) is 0 Å². The van der Waals surface area contributed by atoms with Gasteiger partial charge in [-0.25, -0.2) is 8.70 Å². The molecule has 0 fully saturated rings. The van der Waals surface area contributed by atoms with E-state index >= 15 is 0 Å². The maximum atomic E-state index is 13.4.